The summed E-state index contributed by atoms with van der Waals surface area (Å²) < 4.78 is 0. The molecule has 0 fully saturated rings. The summed E-state index contributed by atoms with van der Waals surface area (Å²) >= 11 is 0. The largest absolute Gasteiger partial charge is 0.311 e. The van der Waals surface area contributed by atoms with Gasteiger partial charge in [0.1, 0.15) is 0 Å². The van der Waals surface area contributed by atoms with E-state index >= 15 is 0 Å². The lowest BCUT2D eigenvalue weighted by Crippen LogP contribution is -2.09. The predicted molar refractivity (Wildman–Crippen MR) is 125 cm³/mol. The molecule has 29 heavy (non-hydrogen) atoms. The van der Waals surface area contributed by atoms with Crippen LogP contribution in [-0.4, -0.2) is 0 Å². The van der Waals surface area contributed by atoms with Gasteiger partial charge < -0.3 is 4.90 Å². The number of para-hydroxylation sites is 1. The number of hydrogen-bond donors (Lipinski definition) is 0. The quantitative estimate of drug-likeness (QED) is 0.328. The molecule has 4 aromatic carbocycles. The molecule has 0 bridgehead atoms. The van der Waals surface area contributed by atoms with Crippen LogP contribution in [0.4, 0.5) is 17.1 Å². The molecule has 4 rings (SSSR count). The third kappa shape index (κ3) is 4.41. The number of anilines is 3. The Labute approximate surface area is 174 Å². The van der Waals surface area contributed by atoms with Crippen molar-refractivity contribution < 1.29 is 0 Å². The van der Waals surface area contributed by atoms with E-state index in [-0.39, 0.29) is 0 Å². The van der Waals surface area contributed by atoms with Crippen molar-refractivity contribution in [3.8, 4) is 11.1 Å². The maximum atomic E-state index is 2.30. The third-order valence-corrected chi connectivity index (χ3v) is 5.26. The summed E-state index contributed by atoms with van der Waals surface area (Å²) in [6.07, 6.45) is 2.32. The van der Waals surface area contributed by atoms with Crippen LogP contribution in [0.5, 0.6) is 0 Å². The first-order valence-electron chi connectivity index (χ1n) is 10.4. The van der Waals surface area contributed by atoms with Crippen LogP contribution >= 0.6 is 0 Å². The van der Waals surface area contributed by atoms with Crippen LogP contribution in [-0.2, 0) is 6.42 Å². The molecule has 0 aliphatic carbocycles. The summed E-state index contributed by atoms with van der Waals surface area (Å²) in [6.45, 7) is 4.34. The maximum absolute atomic E-state index is 2.30. The Balaban J connectivity index is 1.67. The lowest BCUT2D eigenvalue weighted by atomic mass is 10.0. The summed E-state index contributed by atoms with van der Waals surface area (Å²) in [5.41, 5.74) is 8.66. The van der Waals surface area contributed by atoms with Crippen LogP contribution in [0.3, 0.4) is 0 Å². The molecular weight excluding hydrogens is 350 g/mol. The molecule has 0 radical (unpaired) electrons. The van der Waals surface area contributed by atoms with E-state index in [4.69, 9.17) is 0 Å². The first-order valence-corrected chi connectivity index (χ1v) is 10.4. The van der Waals surface area contributed by atoms with Gasteiger partial charge in [0.05, 0.1) is 0 Å². The molecule has 0 heterocycles. The molecule has 0 amide bonds. The monoisotopic (exact) mass is 377 g/mol. The molecule has 1 heteroatoms. The first-order chi connectivity index (χ1) is 14.2. The zero-order valence-corrected chi connectivity index (χ0v) is 17.2. The van der Waals surface area contributed by atoms with Gasteiger partial charge in [-0.15, -0.1) is 0 Å². The highest BCUT2D eigenvalue weighted by Crippen LogP contribution is 2.35. The minimum absolute atomic E-state index is 1.14. The van der Waals surface area contributed by atoms with Gasteiger partial charge in [-0.3, -0.25) is 0 Å². The molecule has 0 aliphatic rings. The van der Waals surface area contributed by atoms with E-state index in [1.54, 1.807) is 0 Å². The van der Waals surface area contributed by atoms with Gasteiger partial charge in [-0.05, 0) is 66.4 Å². The van der Waals surface area contributed by atoms with Gasteiger partial charge in [0, 0.05) is 17.1 Å². The lowest BCUT2D eigenvalue weighted by molar-refractivity contribution is 0.922. The Morgan fingerprint density at radius 3 is 1.59 bits per heavy atom. The molecule has 144 valence electrons. The highest BCUT2D eigenvalue weighted by Gasteiger charge is 2.12. The Kier molecular flexibility index (Phi) is 5.76. The van der Waals surface area contributed by atoms with Crippen molar-refractivity contribution in [1.29, 1.82) is 0 Å². The fourth-order valence-corrected chi connectivity index (χ4v) is 3.67. The van der Waals surface area contributed by atoms with Crippen molar-refractivity contribution in [2.75, 3.05) is 4.90 Å². The van der Waals surface area contributed by atoms with Gasteiger partial charge in [-0.1, -0.05) is 85.6 Å². The topological polar surface area (TPSA) is 3.24 Å². The molecule has 0 aliphatic heterocycles. The Bertz CT molecular complexity index is 1030. The minimum Gasteiger partial charge on any atom is -0.311 e. The molecule has 1 nitrogen and oxygen atoms in total. The van der Waals surface area contributed by atoms with Gasteiger partial charge >= 0.3 is 0 Å². The zero-order chi connectivity index (χ0) is 20.1. The second kappa shape index (κ2) is 8.79. The van der Waals surface area contributed by atoms with Crippen molar-refractivity contribution in [3.05, 3.63) is 114 Å². The second-order valence-corrected chi connectivity index (χ2v) is 7.50. The Morgan fingerprint density at radius 1 is 0.552 bits per heavy atom. The predicted octanol–water partition coefficient (Wildman–Crippen LogP) is 8.08. The van der Waals surface area contributed by atoms with Crippen LogP contribution in [0.1, 0.15) is 24.5 Å². The molecular formula is C28H27N. The first kappa shape index (κ1) is 19.0. The van der Waals surface area contributed by atoms with Crippen LogP contribution < -0.4 is 4.90 Å². The second-order valence-electron chi connectivity index (χ2n) is 7.50. The summed E-state index contributed by atoms with van der Waals surface area (Å²) in [5, 5.41) is 0. The third-order valence-electron chi connectivity index (χ3n) is 5.26. The highest BCUT2D eigenvalue weighted by atomic mass is 15.1. The van der Waals surface area contributed by atoms with Crippen molar-refractivity contribution >= 4 is 17.1 Å². The maximum Gasteiger partial charge on any atom is 0.0462 e. The molecule has 0 saturated heterocycles. The minimum atomic E-state index is 1.14. The van der Waals surface area contributed by atoms with Crippen LogP contribution in [0, 0.1) is 6.92 Å². The van der Waals surface area contributed by atoms with Crippen molar-refractivity contribution in [1.82, 2.24) is 0 Å². The van der Waals surface area contributed by atoms with Crippen molar-refractivity contribution in [3.63, 3.8) is 0 Å². The fourth-order valence-electron chi connectivity index (χ4n) is 3.67. The van der Waals surface area contributed by atoms with Crippen LogP contribution in [0.25, 0.3) is 11.1 Å². The summed E-state index contributed by atoms with van der Waals surface area (Å²) in [7, 11) is 0. The van der Waals surface area contributed by atoms with Gasteiger partial charge in [0.25, 0.3) is 0 Å². The van der Waals surface area contributed by atoms with Gasteiger partial charge in [-0.25, -0.2) is 0 Å². The zero-order valence-electron chi connectivity index (χ0n) is 17.2. The summed E-state index contributed by atoms with van der Waals surface area (Å²) in [4.78, 5) is 2.30. The number of hydrogen-bond acceptors (Lipinski definition) is 1. The fraction of sp³-hybridized carbons (Fsp3) is 0.143. The van der Waals surface area contributed by atoms with E-state index in [1.165, 1.54) is 34.4 Å². The average molecular weight is 378 g/mol. The van der Waals surface area contributed by atoms with Crippen LogP contribution in [0.2, 0.25) is 0 Å². The molecule has 0 aromatic heterocycles. The molecule has 4 aromatic rings. The van der Waals surface area contributed by atoms with E-state index < -0.39 is 0 Å². The average Bonchev–Trinajstić information content (AvgIpc) is 2.77. The molecule has 0 unspecified atom stereocenters. The molecule has 0 N–H and O–H groups in total. The Hall–Kier alpha value is -3.32. The van der Waals surface area contributed by atoms with E-state index in [1.807, 2.05) is 0 Å². The number of rotatable bonds is 6. The van der Waals surface area contributed by atoms with E-state index in [2.05, 4.69) is 122 Å². The number of nitrogens with zero attached hydrogens (tertiary/aromatic N) is 1. The van der Waals surface area contributed by atoms with Gasteiger partial charge in [-0.2, -0.15) is 0 Å². The highest BCUT2D eigenvalue weighted by molar-refractivity contribution is 5.78. The van der Waals surface area contributed by atoms with Crippen molar-refractivity contribution in [2.45, 2.75) is 26.7 Å². The lowest BCUT2D eigenvalue weighted by Gasteiger charge is -2.25. The SMILES string of the molecule is CCCc1ccc(-c2ccc(N(c3ccccc3)c3ccc(C)cc3)cc2)cc1. The molecule has 0 atom stereocenters. The van der Waals surface area contributed by atoms with Gasteiger partial charge in [0.2, 0.25) is 0 Å². The van der Waals surface area contributed by atoms with Crippen LogP contribution in [0.15, 0.2) is 103 Å². The summed E-state index contributed by atoms with van der Waals surface area (Å²) in [6, 6.07) is 37.0. The Morgan fingerprint density at radius 2 is 1.03 bits per heavy atom. The molecule has 0 spiro atoms. The number of benzene rings is 4. The standard InChI is InChI=1S/C28H27N/c1-3-7-23-12-14-24(15-13-23)25-16-20-28(21-17-25)29(26-8-5-4-6-9-26)27-18-10-22(2)11-19-27/h4-6,8-21H,3,7H2,1-2H3. The van der Waals surface area contributed by atoms with E-state index in [9.17, 15) is 0 Å². The van der Waals surface area contributed by atoms with Crippen molar-refractivity contribution in [2.24, 2.45) is 0 Å². The normalized spacial score (nSPS) is 10.7. The van der Waals surface area contributed by atoms with E-state index in [0.717, 1.165) is 17.8 Å². The number of aryl methyl sites for hydroxylation is 2. The molecule has 0 saturated carbocycles. The summed E-state index contributed by atoms with van der Waals surface area (Å²) in [5.74, 6) is 0. The smallest absolute Gasteiger partial charge is 0.0462 e. The van der Waals surface area contributed by atoms with Gasteiger partial charge in [0.15, 0.2) is 0 Å². The van der Waals surface area contributed by atoms with E-state index in [0.29, 0.717) is 0 Å².